The fraction of sp³-hybridized carbons (Fsp3) is 0.156. The first-order valence-corrected chi connectivity index (χ1v) is 15.0. The molecule has 0 aliphatic rings. The van der Waals surface area contributed by atoms with Crippen LogP contribution in [-0.4, -0.2) is 45.2 Å². The van der Waals surface area contributed by atoms with E-state index in [9.17, 15) is 14.4 Å². The topological polar surface area (TPSA) is 101 Å². The third kappa shape index (κ3) is 8.10. The van der Waals surface area contributed by atoms with E-state index in [-0.39, 0.29) is 23.7 Å². The van der Waals surface area contributed by atoms with Crippen LogP contribution in [0.2, 0.25) is 5.02 Å². The number of hydrogen-bond donors (Lipinski definition) is 0. The third-order valence-electron chi connectivity index (χ3n) is 6.11. The SMILES string of the molecule is CCOC(=O)CN(C(=O)Oc1ccc(OC)cc1)c1cc(Br)c(Oc2ccc(OC)c(C(=O)c3ccc(Cl)cc3)c2)c(Br)c1. The summed E-state index contributed by atoms with van der Waals surface area (Å²) in [4.78, 5) is 40.1. The Labute approximate surface area is 275 Å². The number of rotatable bonds is 11. The monoisotopic (exact) mass is 745 g/mol. The lowest BCUT2D eigenvalue weighted by Crippen LogP contribution is -2.38. The quantitative estimate of drug-likeness (QED) is 0.111. The molecule has 0 fully saturated rings. The highest BCUT2D eigenvalue weighted by Crippen LogP contribution is 2.41. The summed E-state index contributed by atoms with van der Waals surface area (Å²) in [6.07, 6.45) is -0.809. The van der Waals surface area contributed by atoms with Crippen molar-refractivity contribution in [2.24, 2.45) is 0 Å². The van der Waals surface area contributed by atoms with Gasteiger partial charge in [0, 0.05) is 10.6 Å². The number of hydrogen-bond acceptors (Lipinski definition) is 8. The average molecular weight is 748 g/mol. The lowest BCUT2D eigenvalue weighted by molar-refractivity contribution is -0.141. The van der Waals surface area contributed by atoms with Gasteiger partial charge in [-0.2, -0.15) is 0 Å². The fourth-order valence-corrected chi connectivity index (χ4v) is 5.45. The van der Waals surface area contributed by atoms with Gasteiger partial charge in [0.1, 0.15) is 29.5 Å². The first-order valence-electron chi connectivity index (χ1n) is 13.1. The zero-order chi connectivity index (χ0) is 31.8. The number of carbonyl (C=O) groups is 3. The molecule has 0 aliphatic heterocycles. The summed E-state index contributed by atoms with van der Waals surface area (Å²) >= 11 is 13.0. The van der Waals surface area contributed by atoms with Gasteiger partial charge in [-0.1, -0.05) is 11.6 Å². The van der Waals surface area contributed by atoms with E-state index >= 15 is 0 Å². The molecule has 0 saturated carbocycles. The van der Waals surface area contributed by atoms with Crippen molar-refractivity contribution in [1.82, 2.24) is 0 Å². The predicted molar refractivity (Wildman–Crippen MR) is 173 cm³/mol. The van der Waals surface area contributed by atoms with E-state index in [1.54, 1.807) is 85.8 Å². The average Bonchev–Trinajstić information content (AvgIpc) is 3.02. The second kappa shape index (κ2) is 15.1. The number of ether oxygens (including phenoxy) is 5. The zero-order valence-corrected chi connectivity index (χ0v) is 27.7. The number of ketones is 1. The summed E-state index contributed by atoms with van der Waals surface area (Å²) in [6, 6.07) is 21.0. The Balaban J connectivity index is 1.63. The second-order valence-electron chi connectivity index (χ2n) is 8.97. The van der Waals surface area contributed by atoms with Crippen LogP contribution in [-0.2, 0) is 9.53 Å². The van der Waals surface area contributed by atoms with Crippen molar-refractivity contribution in [3.8, 4) is 28.7 Å². The largest absolute Gasteiger partial charge is 0.497 e. The van der Waals surface area contributed by atoms with Gasteiger partial charge in [-0.05, 0) is 118 Å². The molecule has 0 unspecified atom stereocenters. The molecule has 0 spiro atoms. The van der Waals surface area contributed by atoms with Crippen LogP contribution < -0.4 is 23.8 Å². The highest BCUT2D eigenvalue weighted by Gasteiger charge is 2.25. The summed E-state index contributed by atoms with van der Waals surface area (Å²) in [7, 11) is 3.00. The molecule has 0 N–H and O–H groups in total. The van der Waals surface area contributed by atoms with Crippen molar-refractivity contribution >= 4 is 67.0 Å². The van der Waals surface area contributed by atoms with Gasteiger partial charge in [-0.3, -0.25) is 14.5 Å². The fourth-order valence-electron chi connectivity index (χ4n) is 4.00. The normalized spacial score (nSPS) is 10.5. The maximum Gasteiger partial charge on any atom is 0.420 e. The van der Waals surface area contributed by atoms with Gasteiger partial charge < -0.3 is 23.7 Å². The molecule has 0 heterocycles. The second-order valence-corrected chi connectivity index (χ2v) is 11.1. The molecule has 4 rings (SSSR count). The van der Waals surface area contributed by atoms with Crippen LogP contribution in [0.1, 0.15) is 22.8 Å². The van der Waals surface area contributed by atoms with Crippen molar-refractivity contribution in [3.05, 3.63) is 104 Å². The van der Waals surface area contributed by atoms with Gasteiger partial charge in [0.15, 0.2) is 11.5 Å². The van der Waals surface area contributed by atoms with Gasteiger partial charge in [0.05, 0.1) is 41.0 Å². The molecular weight excluding hydrogens is 722 g/mol. The van der Waals surface area contributed by atoms with E-state index in [4.69, 9.17) is 35.3 Å². The first-order chi connectivity index (χ1) is 21.1. The zero-order valence-electron chi connectivity index (χ0n) is 23.8. The predicted octanol–water partition coefficient (Wildman–Crippen LogP) is 8.47. The van der Waals surface area contributed by atoms with E-state index < -0.39 is 18.6 Å². The Hall–Kier alpha value is -4.06. The van der Waals surface area contributed by atoms with Crippen LogP contribution in [0.25, 0.3) is 0 Å². The van der Waals surface area contributed by atoms with Gasteiger partial charge >= 0.3 is 12.1 Å². The molecule has 0 aliphatic carbocycles. The van der Waals surface area contributed by atoms with E-state index in [0.717, 1.165) is 4.90 Å². The van der Waals surface area contributed by atoms with E-state index in [0.29, 0.717) is 48.2 Å². The number of halogens is 3. The molecule has 0 saturated heterocycles. The van der Waals surface area contributed by atoms with E-state index in [1.807, 2.05) is 0 Å². The molecule has 44 heavy (non-hydrogen) atoms. The molecule has 0 atom stereocenters. The van der Waals surface area contributed by atoms with Crippen LogP contribution in [0.4, 0.5) is 10.5 Å². The van der Waals surface area contributed by atoms with Crippen molar-refractivity contribution in [1.29, 1.82) is 0 Å². The minimum atomic E-state index is -0.809. The molecule has 0 aromatic heterocycles. The highest BCUT2D eigenvalue weighted by molar-refractivity contribution is 9.11. The Bertz CT molecular complexity index is 1640. The summed E-state index contributed by atoms with van der Waals surface area (Å²) in [6.45, 7) is 1.41. The molecule has 9 nitrogen and oxygen atoms in total. The van der Waals surface area contributed by atoms with Crippen LogP contribution in [0.3, 0.4) is 0 Å². The maximum absolute atomic E-state index is 13.3. The molecule has 0 bridgehead atoms. The molecule has 1 amide bonds. The number of esters is 1. The van der Waals surface area contributed by atoms with Crippen molar-refractivity contribution in [2.75, 3.05) is 32.3 Å². The Kier molecular flexibility index (Phi) is 11.3. The summed E-state index contributed by atoms with van der Waals surface area (Å²) in [5, 5.41) is 0.513. The summed E-state index contributed by atoms with van der Waals surface area (Å²) in [5.41, 5.74) is 1.04. The molecule has 228 valence electrons. The number of nitrogens with zero attached hydrogens (tertiary/aromatic N) is 1. The summed E-state index contributed by atoms with van der Waals surface area (Å²) in [5.74, 6) is 1.02. The van der Waals surface area contributed by atoms with E-state index in [1.165, 1.54) is 14.2 Å². The van der Waals surface area contributed by atoms with Crippen LogP contribution >= 0.6 is 43.5 Å². The highest BCUT2D eigenvalue weighted by atomic mass is 79.9. The Morgan fingerprint density at radius 1 is 0.795 bits per heavy atom. The van der Waals surface area contributed by atoms with Gasteiger partial charge in [-0.15, -0.1) is 0 Å². The Morgan fingerprint density at radius 2 is 1.41 bits per heavy atom. The lowest BCUT2D eigenvalue weighted by atomic mass is 10.0. The van der Waals surface area contributed by atoms with Crippen molar-refractivity contribution in [2.45, 2.75) is 6.92 Å². The third-order valence-corrected chi connectivity index (χ3v) is 7.54. The number of benzene rings is 4. The molecular formula is C32H26Br2ClNO8. The first kappa shape index (κ1) is 32.8. The van der Waals surface area contributed by atoms with Gasteiger partial charge in [0.2, 0.25) is 0 Å². The molecule has 4 aromatic rings. The maximum atomic E-state index is 13.3. The lowest BCUT2D eigenvalue weighted by Gasteiger charge is -2.23. The number of anilines is 1. The standard InChI is InChI=1S/C32H26Br2ClNO8/c1-4-42-29(37)18-36(32(39)44-23-11-9-22(40-2)10-12-23)21-15-26(33)31(27(34)16-21)43-24-13-14-28(41-3)25(17-24)30(38)19-5-7-20(35)8-6-19/h5-17H,4,18H2,1-3H3. The smallest absolute Gasteiger partial charge is 0.420 e. The molecule has 12 heteroatoms. The van der Waals surface area contributed by atoms with Gasteiger partial charge in [-0.25, -0.2) is 4.79 Å². The number of methoxy groups -OCH3 is 2. The van der Waals surface area contributed by atoms with Crippen LogP contribution in [0.15, 0.2) is 87.8 Å². The number of amides is 1. The molecule has 4 aromatic carbocycles. The minimum Gasteiger partial charge on any atom is -0.497 e. The van der Waals surface area contributed by atoms with Crippen LogP contribution in [0.5, 0.6) is 28.7 Å². The molecule has 0 radical (unpaired) electrons. The van der Waals surface area contributed by atoms with E-state index in [2.05, 4.69) is 31.9 Å². The minimum absolute atomic E-state index is 0.144. The number of carbonyl (C=O) groups excluding carboxylic acids is 3. The van der Waals surface area contributed by atoms with Crippen molar-refractivity contribution in [3.63, 3.8) is 0 Å². The van der Waals surface area contributed by atoms with Crippen LogP contribution in [0, 0.1) is 0 Å². The Morgan fingerprint density at radius 3 is 2.00 bits per heavy atom. The van der Waals surface area contributed by atoms with Gasteiger partial charge in [0.25, 0.3) is 0 Å². The van der Waals surface area contributed by atoms with Crippen molar-refractivity contribution < 1.29 is 38.1 Å². The summed E-state index contributed by atoms with van der Waals surface area (Å²) < 4.78 is 28.2.